The fourth-order valence-electron chi connectivity index (χ4n) is 7.21. The largest absolute Gasteiger partial charge is 0.495 e. The van der Waals surface area contributed by atoms with E-state index in [0.29, 0.717) is 23.5 Å². The zero-order chi connectivity index (χ0) is 19.2. The third kappa shape index (κ3) is 2.28. The number of benzene rings is 1. The molecule has 3 fully saturated rings. The van der Waals surface area contributed by atoms with Crippen LogP contribution in [-0.2, 0) is 16.7 Å². The van der Waals surface area contributed by atoms with Gasteiger partial charge in [-0.1, -0.05) is 6.92 Å². The minimum atomic E-state index is -4.35. The van der Waals surface area contributed by atoms with Crippen LogP contribution in [0.4, 0.5) is 5.69 Å². The van der Waals surface area contributed by atoms with Crippen molar-refractivity contribution in [3.63, 3.8) is 0 Å². The molecule has 27 heavy (non-hydrogen) atoms. The van der Waals surface area contributed by atoms with Crippen molar-refractivity contribution >= 4 is 16.0 Å². The highest BCUT2D eigenvalue weighted by Crippen LogP contribution is 2.81. The number of methoxy groups -OCH3 is 1. The molecule has 0 unspecified atom stereocenters. The topological polar surface area (TPSA) is 95.9 Å². The van der Waals surface area contributed by atoms with Crippen LogP contribution in [0.15, 0.2) is 12.1 Å². The van der Waals surface area contributed by atoms with Crippen LogP contribution in [0.3, 0.4) is 0 Å². The van der Waals surface area contributed by atoms with Crippen LogP contribution in [0.1, 0.15) is 56.1 Å². The predicted octanol–water partition coefficient (Wildman–Crippen LogP) is 3.13. The lowest BCUT2D eigenvalue weighted by atomic mass is 9.52. The molecule has 0 heterocycles. The fraction of sp³-hybridized carbons (Fsp3) is 0.700. The Hall–Kier alpha value is -1.31. The molecule has 5 rings (SSSR count). The molecule has 1 aromatic rings. The van der Waals surface area contributed by atoms with E-state index in [1.54, 1.807) is 0 Å². The number of anilines is 1. The Balaban J connectivity index is 1.55. The molecule has 148 valence electrons. The Morgan fingerprint density at radius 2 is 2.07 bits per heavy atom. The van der Waals surface area contributed by atoms with E-state index in [1.807, 2.05) is 12.1 Å². The molecule has 0 aromatic heterocycles. The smallest absolute Gasteiger partial charge is 0.357 e. The second-order valence-corrected chi connectivity index (χ2v) is 10.4. The van der Waals surface area contributed by atoms with Crippen molar-refractivity contribution < 1.29 is 22.8 Å². The Kier molecular flexibility index (Phi) is 3.55. The molecule has 0 bridgehead atoms. The van der Waals surface area contributed by atoms with Crippen molar-refractivity contribution in [2.75, 3.05) is 11.8 Å². The summed E-state index contributed by atoms with van der Waals surface area (Å²) in [6, 6.07) is 3.78. The third-order valence-electron chi connectivity index (χ3n) is 8.41. The van der Waals surface area contributed by atoms with Crippen molar-refractivity contribution in [1.29, 1.82) is 0 Å². The number of ether oxygens (including phenoxy) is 1. The summed E-state index contributed by atoms with van der Waals surface area (Å²) >= 11 is 0. The van der Waals surface area contributed by atoms with E-state index in [9.17, 15) is 13.5 Å². The molecule has 3 N–H and O–H groups in total. The van der Waals surface area contributed by atoms with Crippen molar-refractivity contribution in [3.05, 3.63) is 23.3 Å². The van der Waals surface area contributed by atoms with Gasteiger partial charge in [-0.2, -0.15) is 8.42 Å². The molecular formula is C20H27NO5S. The number of rotatable bonds is 3. The average molecular weight is 394 g/mol. The van der Waals surface area contributed by atoms with E-state index in [1.165, 1.54) is 19.1 Å². The van der Waals surface area contributed by atoms with Gasteiger partial charge >= 0.3 is 10.3 Å². The molecule has 1 aromatic carbocycles. The second kappa shape index (κ2) is 5.39. The lowest BCUT2D eigenvalue weighted by molar-refractivity contribution is -0.0558. The van der Waals surface area contributed by atoms with Gasteiger partial charge in [0.15, 0.2) is 0 Å². The third-order valence-corrected chi connectivity index (χ3v) is 8.88. The number of nitrogens with one attached hydrogen (secondary N) is 1. The van der Waals surface area contributed by atoms with E-state index in [2.05, 4.69) is 11.6 Å². The number of aliphatic hydroxyl groups excluding tert-OH is 1. The normalized spacial score (nSPS) is 41.8. The summed E-state index contributed by atoms with van der Waals surface area (Å²) in [5.74, 6) is 2.12. The molecule has 0 aliphatic heterocycles. The number of aliphatic hydroxyl groups is 1. The van der Waals surface area contributed by atoms with Crippen molar-refractivity contribution in [1.82, 2.24) is 0 Å². The number of aryl methyl sites for hydroxylation is 1. The maximum atomic E-state index is 11.3. The van der Waals surface area contributed by atoms with Crippen LogP contribution in [-0.4, -0.2) is 31.3 Å². The number of hydrogen-bond donors (Lipinski definition) is 3. The number of hydrogen-bond acceptors (Lipinski definition) is 4. The molecule has 3 saturated carbocycles. The summed E-state index contributed by atoms with van der Waals surface area (Å²) in [5, 5.41) is 10.7. The first-order valence-corrected chi connectivity index (χ1v) is 11.3. The SMILES string of the molecule is COc1cc2c(cc1NS(=O)(=O)O)CC[C@@H]1[C@@H]2CC[C@]2(C)[C@H](O)C[C@@H]3C[C@]312. The Bertz CT molecular complexity index is 915. The zero-order valence-electron chi connectivity index (χ0n) is 15.7. The zero-order valence-corrected chi connectivity index (χ0v) is 16.6. The van der Waals surface area contributed by atoms with Crippen LogP contribution < -0.4 is 9.46 Å². The van der Waals surface area contributed by atoms with Gasteiger partial charge in [0, 0.05) is 0 Å². The fourth-order valence-corrected chi connectivity index (χ4v) is 7.64. The first-order chi connectivity index (χ1) is 12.7. The van der Waals surface area contributed by atoms with Crippen molar-refractivity contribution in [2.24, 2.45) is 22.7 Å². The number of fused-ring (bicyclic) bond motifs is 3. The lowest BCUT2D eigenvalue weighted by Gasteiger charge is -2.52. The molecule has 4 aliphatic rings. The first-order valence-electron chi connectivity index (χ1n) is 9.84. The molecule has 7 heteroatoms. The van der Waals surface area contributed by atoms with Gasteiger partial charge < -0.3 is 9.84 Å². The minimum absolute atomic E-state index is 0.0485. The summed E-state index contributed by atoms with van der Waals surface area (Å²) in [7, 11) is -2.83. The first kappa shape index (κ1) is 17.8. The minimum Gasteiger partial charge on any atom is -0.495 e. The highest BCUT2D eigenvalue weighted by Gasteiger charge is 2.76. The van der Waals surface area contributed by atoms with Gasteiger partial charge in [-0.25, -0.2) is 0 Å². The maximum absolute atomic E-state index is 11.3. The molecular weight excluding hydrogens is 366 g/mol. The summed E-state index contributed by atoms with van der Waals surface area (Å²) in [5.41, 5.74) is 3.02. The van der Waals surface area contributed by atoms with Gasteiger partial charge in [0.05, 0.1) is 18.9 Å². The van der Waals surface area contributed by atoms with Crippen molar-refractivity contribution in [2.45, 2.75) is 57.5 Å². The van der Waals surface area contributed by atoms with E-state index < -0.39 is 10.3 Å². The summed E-state index contributed by atoms with van der Waals surface area (Å²) < 4.78 is 39.3. The summed E-state index contributed by atoms with van der Waals surface area (Å²) in [6.45, 7) is 2.30. The predicted molar refractivity (Wildman–Crippen MR) is 101 cm³/mol. The quantitative estimate of drug-likeness (QED) is 0.686. The maximum Gasteiger partial charge on any atom is 0.357 e. The van der Waals surface area contributed by atoms with E-state index >= 15 is 0 Å². The van der Waals surface area contributed by atoms with Gasteiger partial charge in [0.25, 0.3) is 0 Å². The highest BCUT2D eigenvalue weighted by atomic mass is 32.2. The van der Waals surface area contributed by atoms with Crippen molar-refractivity contribution in [3.8, 4) is 5.75 Å². The second-order valence-electron chi connectivity index (χ2n) is 9.23. The molecule has 6 nitrogen and oxygen atoms in total. The summed E-state index contributed by atoms with van der Waals surface area (Å²) in [6.07, 6.45) is 6.08. The van der Waals surface area contributed by atoms with Crippen LogP contribution >= 0.6 is 0 Å². The van der Waals surface area contributed by atoms with E-state index in [-0.39, 0.29) is 22.6 Å². The molecule has 6 atom stereocenters. The van der Waals surface area contributed by atoms with Crippen LogP contribution in [0.25, 0.3) is 0 Å². The monoisotopic (exact) mass is 393 g/mol. The Morgan fingerprint density at radius 3 is 2.78 bits per heavy atom. The summed E-state index contributed by atoms with van der Waals surface area (Å²) in [4.78, 5) is 0. The molecule has 0 amide bonds. The molecule has 1 spiro atoms. The molecule has 0 radical (unpaired) electrons. The molecule has 0 saturated heterocycles. The highest BCUT2D eigenvalue weighted by molar-refractivity contribution is 7.87. The van der Waals surface area contributed by atoms with Crippen LogP contribution in [0, 0.1) is 22.7 Å². The lowest BCUT2D eigenvalue weighted by Crippen LogP contribution is -2.47. The van der Waals surface area contributed by atoms with Gasteiger partial charge in [-0.05, 0) is 90.4 Å². The van der Waals surface area contributed by atoms with Gasteiger partial charge in [0.1, 0.15) is 5.75 Å². The van der Waals surface area contributed by atoms with Gasteiger partial charge in [-0.3, -0.25) is 9.27 Å². The van der Waals surface area contributed by atoms with Crippen LogP contribution in [0.2, 0.25) is 0 Å². The van der Waals surface area contributed by atoms with Gasteiger partial charge in [0.2, 0.25) is 0 Å². The van der Waals surface area contributed by atoms with Gasteiger partial charge in [-0.15, -0.1) is 0 Å². The Morgan fingerprint density at radius 1 is 1.30 bits per heavy atom. The van der Waals surface area contributed by atoms with E-state index in [4.69, 9.17) is 9.29 Å². The van der Waals surface area contributed by atoms with E-state index in [0.717, 1.165) is 37.7 Å². The average Bonchev–Trinajstić information content (AvgIpc) is 3.25. The Labute approximate surface area is 160 Å². The molecule has 4 aliphatic carbocycles. The van der Waals surface area contributed by atoms with Crippen LogP contribution in [0.5, 0.6) is 5.75 Å². The standard InChI is InChI=1S/C20H27NO5S/c1-19-6-5-13-14-9-17(26-2)16(21-27(23,24)25)7-11(14)3-4-15(13)20(19)10-12(20)8-18(19)22/h7,9,12-13,15,18,21-22H,3-6,8,10H2,1-2H3,(H,23,24,25)/t12-,13-,15-,18-,19-,20+/m1/s1.